The van der Waals surface area contributed by atoms with Crippen LogP contribution in [0.25, 0.3) is 0 Å². The average Bonchev–Trinajstić information content (AvgIpc) is 2.50. The molecule has 0 radical (unpaired) electrons. The van der Waals surface area contributed by atoms with Crippen LogP contribution in [0.4, 0.5) is 0 Å². The summed E-state index contributed by atoms with van der Waals surface area (Å²) in [7, 11) is 0. The molecule has 15 heavy (non-hydrogen) atoms. The van der Waals surface area contributed by atoms with Crippen LogP contribution in [0.1, 0.15) is 27.7 Å². The van der Waals surface area contributed by atoms with Gasteiger partial charge in [0.15, 0.2) is 0 Å². The Labute approximate surface area is 93.8 Å². The molecule has 0 bridgehead atoms. The van der Waals surface area contributed by atoms with Gasteiger partial charge in [-0.05, 0) is 17.9 Å². The molecule has 1 rings (SSSR count). The van der Waals surface area contributed by atoms with Crippen molar-refractivity contribution < 1.29 is 4.74 Å². The van der Waals surface area contributed by atoms with Gasteiger partial charge in [-0.25, -0.2) is 0 Å². The van der Waals surface area contributed by atoms with Crippen molar-refractivity contribution in [3.05, 3.63) is 0 Å². The second kappa shape index (κ2) is 5.28. The predicted molar refractivity (Wildman–Crippen MR) is 63.8 cm³/mol. The highest BCUT2D eigenvalue weighted by atomic mass is 16.5. The van der Waals surface area contributed by atoms with E-state index < -0.39 is 0 Å². The van der Waals surface area contributed by atoms with E-state index >= 15 is 0 Å². The fourth-order valence-corrected chi connectivity index (χ4v) is 1.62. The summed E-state index contributed by atoms with van der Waals surface area (Å²) < 4.78 is 5.33. The van der Waals surface area contributed by atoms with Crippen molar-refractivity contribution in [3.63, 3.8) is 0 Å². The van der Waals surface area contributed by atoms with Crippen LogP contribution < -0.4 is 11.1 Å². The van der Waals surface area contributed by atoms with Crippen LogP contribution in [-0.4, -0.2) is 32.3 Å². The normalized spacial score (nSPS) is 29.4. The van der Waals surface area contributed by atoms with E-state index in [0.717, 1.165) is 26.3 Å². The maximum absolute atomic E-state index is 5.92. The summed E-state index contributed by atoms with van der Waals surface area (Å²) in [5.74, 6) is 1.17. The molecule has 0 aromatic heterocycles. The lowest BCUT2D eigenvalue weighted by atomic mass is 9.82. The van der Waals surface area contributed by atoms with Crippen LogP contribution >= 0.6 is 0 Å². The minimum Gasteiger partial charge on any atom is -0.379 e. The van der Waals surface area contributed by atoms with E-state index in [1.807, 2.05) is 0 Å². The number of hydrogen-bond acceptors (Lipinski definition) is 3. The summed E-state index contributed by atoms with van der Waals surface area (Å²) in [6.07, 6.45) is 0. The molecule has 1 heterocycles. The second-order valence-corrected chi connectivity index (χ2v) is 5.89. The quantitative estimate of drug-likeness (QED) is 0.740. The molecule has 3 N–H and O–H groups in total. The van der Waals surface area contributed by atoms with Crippen LogP contribution in [0.2, 0.25) is 0 Å². The van der Waals surface area contributed by atoms with Crippen LogP contribution in [0.15, 0.2) is 0 Å². The molecule has 1 fully saturated rings. The van der Waals surface area contributed by atoms with Crippen molar-refractivity contribution in [1.29, 1.82) is 0 Å². The number of rotatable bonds is 4. The Kier molecular flexibility index (Phi) is 4.56. The lowest BCUT2D eigenvalue weighted by Gasteiger charge is -2.28. The van der Waals surface area contributed by atoms with Crippen molar-refractivity contribution in [1.82, 2.24) is 5.32 Å². The van der Waals surface area contributed by atoms with Crippen LogP contribution in [0.3, 0.4) is 0 Å². The van der Waals surface area contributed by atoms with Gasteiger partial charge in [0.2, 0.25) is 0 Å². The van der Waals surface area contributed by atoms with Gasteiger partial charge in [-0.15, -0.1) is 0 Å². The number of nitrogens with two attached hydrogens (primary N) is 1. The van der Waals surface area contributed by atoms with Gasteiger partial charge in [-0.2, -0.15) is 0 Å². The molecular weight excluding hydrogens is 188 g/mol. The fourth-order valence-electron chi connectivity index (χ4n) is 1.62. The minimum absolute atomic E-state index is 0.224. The Hall–Kier alpha value is -0.120. The Morgan fingerprint density at radius 2 is 2.07 bits per heavy atom. The van der Waals surface area contributed by atoms with Crippen LogP contribution in [-0.2, 0) is 4.74 Å². The Bertz CT molecular complexity index is 187. The van der Waals surface area contributed by atoms with E-state index in [9.17, 15) is 0 Å². The molecule has 90 valence electrons. The van der Waals surface area contributed by atoms with Crippen molar-refractivity contribution in [2.75, 3.05) is 26.3 Å². The molecule has 0 aromatic rings. The van der Waals surface area contributed by atoms with Gasteiger partial charge >= 0.3 is 0 Å². The average molecular weight is 214 g/mol. The van der Waals surface area contributed by atoms with Crippen molar-refractivity contribution in [3.8, 4) is 0 Å². The van der Waals surface area contributed by atoms with Gasteiger partial charge in [0.1, 0.15) is 0 Å². The van der Waals surface area contributed by atoms with Crippen molar-refractivity contribution >= 4 is 0 Å². The molecule has 3 atom stereocenters. The molecule has 1 aliphatic rings. The van der Waals surface area contributed by atoms with Gasteiger partial charge in [0.25, 0.3) is 0 Å². The van der Waals surface area contributed by atoms with Crippen LogP contribution in [0, 0.1) is 17.3 Å². The van der Waals surface area contributed by atoms with Gasteiger partial charge in [-0.1, -0.05) is 27.7 Å². The summed E-state index contributed by atoms with van der Waals surface area (Å²) in [6.45, 7) is 12.7. The van der Waals surface area contributed by atoms with Gasteiger partial charge in [0.05, 0.1) is 13.2 Å². The number of hydrogen-bond donors (Lipinski definition) is 2. The van der Waals surface area contributed by atoms with Crippen molar-refractivity contribution in [2.45, 2.75) is 33.7 Å². The Morgan fingerprint density at radius 1 is 1.40 bits per heavy atom. The predicted octanol–water partition coefficient (Wildman–Crippen LogP) is 1.23. The third-order valence-corrected chi connectivity index (χ3v) is 3.58. The number of ether oxygens (including phenoxy) is 1. The molecule has 1 saturated heterocycles. The third kappa shape index (κ3) is 4.09. The Balaban J connectivity index is 2.16. The second-order valence-electron chi connectivity index (χ2n) is 5.89. The lowest BCUT2D eigenvalue weighted by Crippen LogP contribution is -2.38. The highest BCUT2D eigenvalue weighted by molar-refractivity contribution is 4.80. The first-order valence-corrected chi connectivity index (χ1v) is 5.95. The lowest BCUT2D eigenvalue weighted by molar-refractivity contribution is 0.182. The highest BCUT2D eigenvalue weighted by Crippen LogP contribution is 2.24. The molecule has 0 saturated carbocycles. The van der Waals surface area contributed by atoms with E-state index in [-0.39, 0.29) is 6.04 Å². The molecule has 1 aliphatic heterocycles. The number of nitrogens with one attached hydrogen (secondary N) is 1. The molecule has 0 spiro atoms. The van der Waals surface area contributed by atoms with Crippen molar-refractivity contribution in [2.24, 2.45) is 23.0 Å². The smallest absolute Gasteiger partial charge is 0.0621 e. The molecule has 3 nitrogen and oxygen atoms in total. The van der Waals surface area contributed by atoms with E-state index in [4.69, 9.17) is 10.5 Å². The van der Waals surface area contributed by atoms with E-state index in [1.54, 1.807) is 0 Å². The molecule has 0 aliphatic carbocycles. The zero-order chi connectivity index (χ0) is 11.5. The van der Waals surface area contributed by atoms with E-state index in [0.29, 0.717) is 17.3 Å². The summed E-state index contributed by atoms with van der Waals surface area (Å²) in [5, 5.41) is 3.50. The van der Waals surface area contributed by atoms with E-state index in [1.165, 1.54) is 0 Å². The summed E-state index contributed by atoms with van der Waals surface area (Å²) in [4.78, 5) is 0. The zero-order valence-corrected chi connectivity index (χ0v) is 10.5. The molecular formula is C12H26N2O. The van der Waals surface area contributed by atoms with Gasteiger partial charge in [-0.3, -0.25) is 0 Å². The monoisotopic (exact) mass is 214 g/mol. The maximum atomic E-state index is 5.92. The topological polar surface area (TPSA) is 47.3 Å². The minimum atomic E-state index is 0.224. The molecule has 0 amide bonds. The standard InChI is InChI=1S/C12H26N2O/c1-9(12(2,3)4)5-14-6-10-7-15-8-11(10)13/h9-11,14H,5-8,13H2,1-4H3. The molecule has 3 unspecified atom stereocenters. The summed E-state index contributed by atoms with van der Waals surface area (Å²) in [6, 6.07) is 0.224. The third-order valence-electron chi connectivity index (χ3n) is 3.58. The zero-order valence-electron chi connectivity index (χ0n) is 10.5. The summed E-state index contributed by atoms with van der Waals surface area (Å²) in [5.41, 5.74) is 6.29. The molecule has 3 heteroatoms. The summed E-state index contributed by atoms with van der Waals surface area (Å²) >= 11 is 0. The molecule has 0 aromatic carbocycles. The first-order valence-electron chi connectivity index (χ1n) is 5.95. The van der Waals surface area contributed by atoms with E-state index in [2.05, 4.69) is 33.0 Å². The first-order chi connectivity index (χ1) is 6.91. The van der Waals surface area contributed by atoms with Gasteiger partial charge in [0, 0.05) is 18.5 Å². The van der Waals surface area contributed by atoms with Gasteiger partial charge < -0.3 is 15.8 Å². The fraction of sp³-hybridized carbons (Fsp3) is 1.00. The SMILES string of the molecule is CC(CNCC1COCC1N)C(C)(C)C. The maximum Gasteiger partial charge on any atom is 0.0621 e. The highest BCUT2D eigenvalue weighted by Gasteiger charge is 2.25. The largest absolute Gasteiger partial charge is 0.379 e. The first kappa shape index (κ1) is 12.9. The van der Waals surface area contributed by atoms with Crippen LogP contribution in [0.5, 0.6) is 0 Å². The Morgan fingerprint density at radius 3 is 2.53 bits per heavy atom.